The maximum Gasteiger partial charge on any atom is 0.214 e. The lowest BCUT2D eigenvalue weighted by atomic mass is 10.2. The molecule has 1 fully saturated rings. The summed E-state index contributed by atoms with van der Waals surface area (Å²) in [6, 6.07) is 0. The van der Waals surface area contributed by atoms with E-state index in [-0.39, 0.29) is 5.75 Å². The van der Waals surface area contributed by atoms with Gasteiger partial charge in [-0.1, -0.05) is 6.42 Å². The van der Waals surface area contributed by atoms with E-state index in [9.17, 15) is 8.42 Å². The smallest absolute Gasteiger partial charge is 0.214 e. The van der Waals surface area contributed by atoms with Gasteiger partial charge in [0.25, 0.3) is 0 Å². The minimum absolute atomic E-state index is 0.212. The van der Waals surface area contributed by atoms with Crippen molar-refractivity contribution in [2.24, 2.45) is 5.73 Å². The Morgan fingerprint density at radius 1 is 1.15 bits per heavy atom. The van der Waals surface area contributed by atoms with Gasteiger partial charge in [0.05, 0.1) is 5.75 Å². The Balaban J connectivity index is 2.47. The predicted octanol–water partition coefficient (Wildman–Crippen LogP) is 0.151. The van der Waals surface area contributed by atoms with Crippen LogP contribution in [0.5, 0.6) is 0 Å². The van der Waals surface area contributed by atoms with Crippen molar-refractivity contribution in [1.82, 2.24) is 4.31 Å². The first kappa shape index (κ1) is 10.9. The summed E-state index contributed by atoms with van der Waals surface area (Å²) in [5.41, 5.74) is 5.28. The zero-order chi connectivity index (χ0) is 9.73. The number of nitrogens with two attached hydrogens (primary N) is 1. The highest BCUT2D eigenvalue weighted by atomic mass is 32.2. The number of nitrogens with zero attached hydrogens (tertiary/aromatic N) is 1. The van der Waals surface area contributed by atoms with E-state index in [4.69, 9.17) is 5.73 Å². The van der Waals surface area contributed by atoms with Crippen LogP contribution in [0, 0.1) is 0 Å². The summed E-state index contributed by atoms with van der Waals surface area (Å²) >= 11 is 0. The molecule has 0 aromatic carbocycles. The molecule has 1 rings (SSSR count). The number of hydrogen-bond acceptors (Lipinski definition) is 3. The SMILES string of the molecule is NCCCS(=O)(=O)N1CCCCC1. The van der Waals surface area contributed by atoms with Crippen LogP contribution in [0.3, 0.4) is 0 Å². The fraction of sp³-hybridized carbons (Fsp3) is 1.00. The average Bonchev–Trinajstić information content (AvgIpc) is 2.16. The molecule has 4 nitrogen and oxygen atoms in total. The molecule has 0 bridgehead atoms. The normalized spacial score (nSPS) is 20.4. The monoisotopic (exact) mass is 206 g/mol. The van der Waals surface area contributed by atoms with E-state index in [2.05, 4.69) is 0 Å². The number of piperidine rings is 1. The molecule has 1 heterocycles. The molecule has 1 saturated heterocycles. The molecule has 0 amide bonds. The summed E-state index contributed by atoms with van der Waals surface area (Å²) in [5.74, 6) is 0.212. The van der Waals surface area contributed by atoms with Crippen LogP contribution in [0.2, 0.25) is 0 Å². The van der Waals surface area contributed by atoms with Crippen molar-refractivity contribution in [3.8, 4) is 0 Å². The van der Waals surface area contributed by atoms with Gasteiger partial charge in [-0.2, -0.15) is 0 Å². The number of rotatable bonds is 4. The summed E-state index contributed by atoms with van der Waals surface area (Å²) in [6.45, 7) is 1.85. The summed E-state index contributed by atoms with van der Waals surface area (Å²) in [6.07, 6.45) is 3.73. The van der Waals surface area contributed by atoms with Gasteiger partial charge in [-0.05, 0) is 25.8 Å². The summed E-state index contributed by atoms with van der Waals surface area (Å²) in [7, 11) is -2.99. The minimum Gasteiger partial charge on any atom is -0.330 e. The van der Waals surface area contributed by atoms with E-state index < -0.39 is 10.0 Å². The van der Waals surface area contributed by atoms with Crippen LogP contribution >= 0.6 is 0 Å². The average molecular weight is 206 g/mol. The molecule has 5 heteroatoms. The Labute approximate surface area is 80.1 Å². The van der Waals surface area contributed by atoms with E-state index in [0.717, 1.165) is 19.3 Å². The molecule has 0 aliphatic carbocycles. The number of sulfonamides is 1. The Morgan fingerprint density at radius 3 is 2.31 bits per heavy atom. The van der Waals surface area contributed by atoms with Crippen LogP contribution < -0.4 is 5.73 Å². The molecule has 0 atom stereocenters. The van der Waals surface area contributed by atoms with Crippen molar-refractivity contribution in [2.45, 2.75) is 25.7 Å². The van der Waals surface area contributed by atoms with Crippen molar-refractivity contribution >= 4 is 10.0 Å². The fourth-order valence-electron chi connectivity index (χ4n) is 1.54. The van der Waals surface area contributed by atoms with Gasteiger partial charge >= 0.3 is 0 Å². The molecule has 0 aromatic rings. The third-order valence-corrected chi connectivity index (χ3v) is 4.27. The van der Waals surface area contributed by atoms with Crippen molar-refractivity contribution < 1.29 is 8.42 Å². The van der Waals surface area contributed by atoms with Gasteiger partial charge < -0.3 is 5.73 Å². The van der Waals surface area contributed by atoms with E-state index in [1.54, 1.807) is 4.31 Å². The zero-order valence-corrected chi connectivity index (χ0v) is 8.72. The highest BCUT2D eigenvalue weighted by Crippen LogP contribution is 2.13. The zero-order valence-electron chi connectivity index (χ0n) is 7.91. The molecule has 0 radical (unpaired) electrons. The lowest BCUT2D eigenvalue weighted by molar-refractivity contribution is 0.346. The van der Waals surface area contributed by atoms with Gasteiger partial charge in [0.15, 0.2) is 0 Å². The lowest BCUT2D eigenvalue weighted by Crippen LogP contribution is -2.37. The van der Waals surface area contributed by atoms with Crippen molar-refractivity contribution in [3.05, 3.63) is 0 Å². The molecule has 78 valence electrons. The first-order valence-electron chi connectivity index (χ1n) is 4.85. The fourth-order valence-corrected chi connectivity index (χ4v) is 3.14. The maximum atomic E-state index is 11.6. The van der Waals surface area contributed by atoms with Crippen LogP contribution in [0.25, 0.3) is 0 Å². The van der Waals surface area contributed by atoms with Crippen molar-refractivity contribution in [2.75, 3.05) is 25.4 Å². The van der Waals surface area contributed by atoms with Crippen LogP contribution in [0.4, 0.5) is 0 Å². The van der Waals surface area contributed by atoms with Gasteiger partial charge in [-0.25, -0.2) is 12.7 Å². The standard InChI is InChI=1S/C8H18N2O2S/c9-5-4-8-13(11,12)10-6-2-1-3-7-10/h1-9H2. The maximum absolute atomic E-state index is 11.6. The Bertz CT molecular complexity index is 233. The minimum atomic E-state index is -2.99. The van der Waals surface area contributed by atoms with Gasteiger partial charge in [0, 0.05) is 13.1 Å². The molecule has 0 aromatic heterocycles. The first-order valence-corrected chi connectivity index (χ1v) is 6.45. The Kier molecular flexibility index (Phi) is 4.15. The van der Waals surface area contributed by atoms with Gasteiger partial charge in [0.1, 0.15) is 0 Å². The molecular weight excluding hydrogens is 188 g/mol. The molecule has 1 aliphatic rings. The second-order valence-electron chi connectivity index (χ2n) is 3.42. The quantitative estimate of drug-likeness (QED) is 0.712. The van der Waals surface area contributed by atoms with Crippen LogP contribution in [0.15, 0.2) is 0 Å². The Morgan fingerprint density at radius 2 is 1.77 bits per heavy atom. The highest BCUT2D eigenvalue weighted by Gasteiger charge is 2.22. The largest absolute Gasteiger partial charge is 0.330 e. The second-order valence-corrected chi connectivity index (χ2v) is 5.51. The molecular formula is C8H18N2O2S. The summed E-state index contributed by atoms with van der Waals surface area (Å²) in [5, 5.41) is 0. The second kappa shape index (κ2) is 4.93. The van der Waals surface area contributed by atoms with Gasteiger partial charge in [0.2, 0.25) is 10.0 Å². The van der Waals surface area contributed by atoms with Crippen LogP contribution in [-0.4, -0.2) is 38.1 Å². The van der Waals surface area contributed by atoms with E-state index >= 15 is 0 Å². The molecule has 2 N–H and O–H groups in total. The summed E-state index contributed by atoms with van der Waals surface area (Å²) in [4.78, 5) is 0. The van der Waals surface area contributed by atoms with E-state index in [1.165, 1.54) is 0 Å². The topological polar surface area (TPSA) is 63.4 Å². The molecule has 0 saturated carbocycles. The van der Waals surface area contributed by atoms with Gasteiger partial charge in [-0.3, -0.25) is 0 Å². The molecule has 13 heavy (non-hydrogen) atoms. The van der Waals surface area contributed by atoms with E-state index in [1.807, 2.05) is 0 Å². The van der Waals surface area contributed by atoms with Crippen LogP contribution in [-0.2, 0) is 10.0 Å². The predicted molar refractivity (Wildman–Crippen MR) is 52.9 cm³/mol. The highest BCUT2D eigenvalue weighted by molar-refractivity contribution is 7.89. The third kappa shape index (κ3) is 3.25. The van der Waals surface area contributed by atoms with Crippen molar-refractivity contribution in [3.63, 3.8) is 0 Å². The van der Waals surface area contributed by atoms with Crippen LogP contribution in [0.1, 0.15) is 25.7 Å². The third-order valence-electron chi connectivity index (χ3n) is 2.31. The lowest BCUT2D eigenvalue weighted by Gasteiger charge is -2.25. The molecule has 0 spiro atoms. The van der Waals surface area contributed by atoms with Gasteiger partial charge in [-0.15, -0.1) is 0 Å². The van der Waals surface area contributed by atoms with Crippen molar-refractivity contribution in [1.29, 1.82) is 0 Å². The Hall–Kier alpha value is -0.130. The molecule has 1 aliphatic heterocycles. The summed E-state index contributed by atoms with van der Waals surface area (Å²) < 4.78 is 24.8. The number of hydrogen-bond donors (Lipinski definition) is 1. The first-order chi connectivity index (χ1) is 6.17. The molecule has 0 unspecified atom stereocenters. The van der Waals surface area contributed by atoms with E-state index in [0.29, 0.717) is 26.1 Å².